The smallest absolute Gasteiger partial charge is 0.384 e. The summed E-state index contributed by atoms with van der Waals surface area (Å²) >= 11 is 0. The van der Waals surface area contributed by atoms with Gasteiger partial charge in [0.1, 0.15) is 11.5 Å². The van der Waals surface area contributed by atoms with E-state index in [1.807, 2.05) is 0 Å². The van der Waals surface area contributed by atoms with E-state index in [1.54, 1.807) is 42.5 Å². The number of hydrogen-bond acceptors (Lipinski definition) is 6. The first-order valence-corrected chi connectivity index (χ1v) is 8.39. The molecule has 0 unspecified atom stereocenters. The first kappa shape index (κ1) is 16.3. The molecular weight excluding hydrogens is 334 g/mol. The molecule has 1 aliphatic heterocycles. The molecule has 1 aliphatic rings. The van der Waals surface area contributed by atoms with Crippen LogP contribution in [0.2, 0.25) is 0 Å². The van der Waals surface area contributed by atoms with Crippen LogP contribution >= 0.6 is 0 Å². The van der Waals surface area contributed by atoms with Crippen LogP contribution in [0.5, 0.6) is 11.5 Å². The Balaban J connectivity index is 2.31. The minimum atomic E-state index is -4.20. The second-order valence-corrected chi connectivity index (χ2v) is 6.38. The molecule has 2 aromatic rings. The third-order valence-electron chi connectivity index (χ3n) is 3.78. The van der Waals surface area contributed by atoms with Gasteiger partial charge in [-0.05, 0) is 23.8 Å². The van der Waals surface area contributed by atoms with Gasteiger partial charge in [0, 0.05) is 5.56 Å². The fraction of sp³-hybridized carbons (Fsp3) is 0.188. The highest BCUT2D eigenvalue weighted by Gasteiger charge is 2.52. The highest BCUT2D eigenvalue weighted by molar-refractivity contribution is 7.85. The summed E-state index contributed by atoms with van der Waals surface area (Å²) in [6, 6.07) is 12.9. The minimum absolute atomic E-state index is 0.0671. The molecule has 0 spiro atoms. The van der Waals surface area contributed by atoms with E-state index in [4.69, 9.17) is 13.7 Å². The van der Waals surface area contributed by atoms with Crippen molar-refractivity contribution >= 4 is 16.3 Å². The Kier molecular flexibility index (Phi) is 3.94. The quantitative estimate of drug-likeness (QED) is 0.841. The Hall–Kier alpha value is -2.58. The fourth-order valence-corrected chi connectivity index (χ4v) is 3.82. The van der Waals surface area contributed by atoms with E-state index in [9.17, 15) is 13.2 Å². The molecule has 1 N–H and O–H groups in total. The van der Waals surface area contributed by atoms with Gasteiger partial charge >= 0.3 is 16.3 Å². The number of esters is 1. The van der Waals surface area contributed by atoms with Gasteiger partial charge in [-0.15, -0.1) is 0 Å². The Bertz CT molecular complexity index is 878. The van der Waals surface area contributed by atoms with Crippen molar-refractivity contribution in [3.8, 4) is 11.5 Å². The Morgan fingerprint density at radius 2 is 1.75 bits per heavy atom. The number of para-hydroxylation sites is 1. The number of carbonyl (C=O) groups excluding carboxylic acids is 1. The van der Waals surface area contributed by atoms with E-state index in [0.29, 0.717) is 16.9 Å². The lowest BCUT2D eigenvalue weighted by atomic mass is 9.83. The van der Waals surface area contributed by atoms with E-state index in [0.717, 1.165) is 0 Å². The summed E-state index contributed by atoms with van der Waals surface area (Å²) in [5.74, 6) is -0.133. The van der Waals surface area contributed by atoms with Crippen LogP contribution in [0.4, 0.5) is 0 Å². The van der Waals surface area contributed by atoms with Crippen LogP contribution in [0.15, 0.2) is 48.5 Å². The molecule has 0 aromatic heterocycles. The van der Waals surface area contributed by atoms with Gasteiger partial charge in [-0.1, -0.05) is 30.3 Å². The zero-order valence-electron chi connectivity index (χ0n) is 13.0. The highest BCUT2D eigenvalue weighted by atomic mass is 32.2. The van der Waals surface area contributed by atoms with Crippen molar-refractivity contribution in [1.82, 2.24) is 4.72 Å². The molecule has 3 rings (SSSR count). The van der Waals surface area contributed by atoms with Crippen LogP contribution in [-0.4, -0.2) is 28.6 Å². The van der Waals surface area contributed by atoms with Gasteiger partial charge in [-0.3, -0.25) is 0 Å². The predicted octanol–water partition coefficient (Wildman–Crippen LogP) is 1.34. The van der Waals surface area contributed by atoms with Gasteiger partial charge in [0.2, 0.25) is 0 Å². The van der Waals surface area contributed by atoms with Gasteiger partial charge in [-0.25, -0.2) is 4.79 Å². The average molecular weight is 349 g/mol. The maximum Gasteiger partial charge on any atom is 0.384 e. The molecule has 7 nitrogen and oxygen atoms in total. The van der Waals surface area contributed by atoms with Crippen LogP contribution in [0.3, 0.4) is 0 Å². The molecule has 0 saturated heterocycles. The highest BCUT2D eigenvalue weighted by Crippen LogP contribution is 2.41. The third-order valence-corrected chi connectivity index (χ3v) is 4.74. The van der Waals surface area contributed by atoms with Crippen molar-refractivity contribution in [1.29, 1.82) is 0 Å². The summed E-state index contributed by atoms with van der Waals surface area (Å²) in [7, 11) is -1.50. The van der Waals surface area contributed by atoms with E-state index >= 15 is 0 Å². The Labute approximate surface area is 139 Å². The molecular formula is C16H15NO6S. The number of methoxy groups -OCH3 is 2. The second-order valence-electron chi connectivity index (χ2n) is 5.11. The lowest BCUT2D eigenvalue weighted by Gasteiger charge is -2.36. The van der Waals surface area contributed by atoms with Gasteiger partial charge in [0.05, 0.1) is 14.2 Å². The van der Waals surface area contributed by atoms with E-state index in [2.05, 4.69) is 4.72 Å². The summed E-state index contributed by atoms with van der Waals surface area (Å²) in [6.45, 7) is 0. The number of hydrogen-bond donors (Lipinski definition) is 1. The maximum absolute atomic E-state index is 12.7. The van der Waals surface area contributed by atoms with E-state index in [-0.39, 0.29) is 5.75 Å². The largest absolute Gasteiger partial charge is 0.497 e. The summed E-state index contributed by atoms with van der Waals surface area (Å²) < 4.78 is 41.6. The van der Waals surface area contributed by atoms with Crippen molar-refractivity contribution in [2.24, 2.45) is 0 Å². The third kappa shape index (κ3) is 2.49. The zero-order valence-corrected chi connectivity index (χ0v) is 13.8. The van der Waals surface area contributed by atoms with Gasteiger partial charge in [0.25, 0.3) is 0 Å². The number of benzene rings is 2. The molecule has 0 fully saturated rings. The van der Waals surface area contributed by atoms with Crippen molar-refractivity contribution in [2.75, 3.05) is 14.2 Å². The Morgan fingerprint density at radius 1 is 1.08 bits per heavy atom. The lowest BCUT2D eigenvalue weighted by Crippen LogP contribution is -2.56. The molecule has 126 valence electrons. The summed E-state index contributed by atoms with van der Waals surface area (Å²) in [6.07, 6.45) is 0. The number of carbonyl (C=O) groups is 1. The van der Waals surface area contributed by atoms with Gasteiger partial charge in [0.15, 0.2) is 5.54 Å². The normalized spacial score (nSPS) is 21.2. The monoisotopic (exact) mass is 349 g/mol. The standard InChI is InChI=1S/C16H15NO6S/c1-21-12-9-7-11(8-10-12)16(15(18)22-2)13-5-3-4-6-14(13)23-24(19,20)17-16/h3-10,17H,1-2H3/t16-/m1/s1. The SMILES string of the molecule is COC(=O)[C@]1(c2ccc(OC)cc2)NS(=O)(=O)Oc2ccccc21. The molecule has 24 heavy (non-hydrogen) atoms. The number of ether oxygens (including phenoxy) is 2. The Morgan fingerprint density at radius 3 is 2.38 bits per heavy atom. The first-order chi connectivity index (χ1) is 11.4. The molecule has 1 atom stereocenters. The maximum atomic E-state index is 12.7. The van der Waals surface area contributed by atoms with Crippen molar-refractivity contribution in [3.63, 3.8) is 0 Å². The summed E-state index contributed by atoms with van der Waals surface area (Å²) in [5.41, 5.74) is -1.01. The average Bonchev–Trinajstić information content (AvgIpc) is 2.59. The summed E-state index contributed by atoms with van der Waals surface area (Å²) in [5, 5.41) is 0. The lowest BCUT2D eigenvalue weighted by molar-refractivity contribution is -0.146. The van der Waals surface area contributed by atoms with Crippen molar-refractivity contribution < 1.29 is 26.9 Å². The fourth-order valence-electron chi connectivity index (χ4n) is 2.71. The first-order valence-electron chi connectivity index (χ1n) is 6.99. The zero-order chi connectivity index (χ0) is 17.4. The van der Waals surface area contributed by atoms with E-state index < -0.39 is 21.8 Å². The van der Waals surface area contributed by atoms with E-state index in [1.165, 1.54) is 20.3 Å². The number of fused-ring (bicyclic) bond motifs is 1. The molecule has 2 aromatic carbocycles. The van der Waals surface area contributed by atoms with Crippen LogP contribution in [0, 0.1) is 0 Å². The molecule has 0 saturated carbocycles. The van der Waals surface area contributed by atoms with Crippen LogP contribution < -0.4 is 13.6 Å². The minimum Gasteiger partial charge on any atom is -0.497 e. The molecule has 0 radical (unpaired) electrons. The molecule has 0 aliphatic carbocycles. The molecule has 0 bridgehead atoms. The van der Waals surface area contributed by atoms with Crippen LogP contribution in [0.1, 0.15) is 11.1 Å². The van der Waals surface area contributed by atoms with Gasteiger partial charge in [-0.2, -0.15) is 13.1 Å². The summed E-state index contributed by atoms with van der Waals surface area (Å²) in [4.78, 5) is 12.7. The number of rotatable bonds is 3. The van der Waals surface area contributed by atoms with Crippen LogP contribution in [-0.2, 0) is 25.4 Å². The second kappa shape index (κ2) is 5.81. The van der Waals surface area contributed by atoms with Crippen molar-refractivity contribution in [3.05, 3.63) is 59.7 Å². The predicted molar refractivity (Wildman–Crippen MR) is 84.9 cm³/mol. The molecule has 1 heterocycles. The molecule has 8 heteroatoms. The van der Waals surface area contributed by atoms with Crippen LogP contribution in [0.25, 0.3) is 0 Å². The van der Waals surface area contributed by atoms with Crippen molar-refractivity contribution in [2.45, 2.75) is 5.54 Å². The molecule has 0 amide bonds. The number of nitrogens with one attached hydrogen (secondary N) is 1. The topological polar surface area (TPSA) is 90.9 Å². The van der Waals surface area contributed by atoms with Gasteiger partial charge < -0.3 is 13.7 Å².